The molecule has 0 unspecified atom stereocenters. The number of hydrogen-bond donors (Lipinski definition) is 1. The quantitative estimate of drug-likeness (QED) is 0.574. The maximum Gasteiger partial charge on any atom is 0.408 e. The van der Waals surface area contributed by atoms with Gasteiger partial charge in [0, 0.05) is 6.42 Å². The highest BCUT2D eigenvalue weighted by atomic mass is 28.2. The van der Waals surface area contributed by atoms with Crippen molar-refractivity contribution in [3.63, 3.8) is 0 Å². The van der Waals surface area contributed by atoms with Gasteiger partial charge in [-0.15, -0.1) is 0 Å². The minimum Gasteiger partial charge on any atom is -0.465 e. The summed E-state index contributed by atoms with van der Waals surface area (Å²) in [6.07, 6.45) is -1.62. The highest BCUT2D eigenvalue weighted by molar-refractivity contribution is 6.31. The van der Waals surface area contributed by atoms with Crippen molar-refractivity contribution in [2.24, 2.45) is 0 Å². The molecule has 156 valence electrons. The zero-order chi connectivity index (χ0) is 21.2. The van der Waals surface area contributed by atoms with E-state index in [0.29, 0.717) is 0 Å². The predicted molar refractivity (Wildman–Crippen MR) is 107 cm³/mol. The van der Waals surface area contributed by atoms with Gasteiger partial charge in [0.05, 0.1) is 12.1 Å². The van der Waals surface area contributed by atoms with Gasteiger partial charge in [0.1, 0.15) is 12.6 Å². The smallest absolute Gasteiger partial charge is 0.408 e. The molecule has 6 nitrogen and oxygen atoms in total. The van der Waals surface area contributed by atoms with E-state index in [2.05, 4.69) is 0 Å². The van der Waals surface area contributed by atoms with Gasteiger partial charge >= 0.3 is 12.1 Å². The number of carbonyl (C=O) groups excluding carboxylic acids is 1. The monoisotopic (exact) mass is 411 g/mol. The zero-order valence-electron chi connectivity index (χ0n) is 17.2. The second kappa shape index (κ2) is 8.20. The number of nitrogens with zero attached hydrogens (tertiary/aromatic N) is 1. The molecule has 8 heteroatoms. The average molecular weight is 412 g/mol. The first-order chi connectivity index (χ1) is 12.8. The van der Waals surface area contributed by atoms with Crippen molar-refractivity contribution in [2.45, 2.75) is 70.0 Å². The number of ether oxygens (including phenoxy) is 1. The Bertz CT molecular complexity index is 706. The highest BCUT2D eigenvalue weighted by Crippen LogP contribution is 2.42. The van der Waals surface area contributed by atoms with E-state index < -0.39 is 45.7 Å². The Morgan fingerprint density at radius 3 is 2.39 bits per heavy atom. The van der Waals surface area contributed by atoms with Gasteiger partial charge in [-0.1, -0.05) is 51.1 Å². The lowest BCUT2D eigenvalue weighted by molar-refractivity contribution is -0.150. The molecular weight excluding hydrogens is 381 g/mol. The minimum atomic E-state index is -1.97. The second-order valence-electron chi connectivity index (χ2n) is 9.05. The molecule has 0 saturated carbocycles. The van der Waals surface area contributed by atoms with Crippen LogP contribution in [0.3, 0.4) is 0 Å². The molecule has 2 rings (SSSR count). The number of carbonyl (C=O) groups is 2. The van der Waals surface area contributed by atoms with Crippen LogP contribution in [0.15, 0.2) is 30.3 Å². The molecule has 1 heterocycles. The van der Waals surface area contributed by atoms with E-state index in [0.717, 1.165) is 10.5 Å². The fourth-order valence-electron chi connectivity index (χ4n) is 3.06. The molecule has 0 spiro atoms. The van der Waals surface area contributed by atoms with Crippen LogP contribution in [0.2, 0.25) is 5.04 Å². The normalized spacial score (nSPS) is 23.4. The van der Waals surface area contributed by atoms with Crippen LogP contribution in [0.25, 0.3) is 0 Å². The van der Waals surface area contributed by atoms with Crippen molar-refractivity contribution >= 4 is 21.8 Å². The van der Waals surface area contributed by atoms with E-state index in [-0.39, 0.29) is 18.1 Å². The summed E-state index contributed by atoms with van der Waals surface area (Å²) in [4.78, 5) is 25.0. The molecule has 1 aromatic rings. The van der Waals surface area contributed by atoms with Crippen LogP contribution in [0.1, 0.15) is 46.6 Å². The zero-order valence-corrected chi connectivity index (χ0v) is 18.6. The van der Waals surface area contributed by atoms with E-state index in [4.69, 9.17) is 9.16 Å². The fourth-order valence-corrected chi connectivity index (χ4v) is 4.11. The van der Waals surface area contributed by atoms with Crippen LogP contribution in [-0.4, -0.2) is 55.7 Å². The molecule has 0 aliphatic carbocycles. The van der Waals surface area contributed by atoms with Crippen LogP contribution in [0.5, 0.6) is 0 Å². The number of esters is 1. The fraction of sp³-hybridized carbons (Fsp3) is 0.600. The van der Waals surface area contributed by atoms with E-state index in [1.165, 1.54) is 0 Å². The summed E-state index contributed by atoms with van der Waals surface area (Å²) in [6, 6.07) is 7.87. The molecule has 1 aliphatic rings. The molecule has 1 aliphatic heterocycles. The summed E-state index contributed by atoms with van der Waals surface area (Å²) >= 11 is 0. The summed E-state index contributed by atoms with van der Waals surface area (Å²) < 4.78 is 27.1. The van der Waals surface area contributed by atoms with Gasteiger partial charge in [0.25, 0.3) is 0 Å². The number of alkyl halides is 1. The lowest BCUT2D eigenvalue weighted by Crippen LogP contribution is -2.52. The summed E-state index contributed by atoms with van der Waals surface area (Å²) in [5, 5.41) is 9.46. The first-order valence-corrected chi connectivity index (χ1v) is 10.7. The lowest BCUT2D eigenvalue weighted by atomic mass is 9.85. The lowest BCUT2D eigenvalue weighted by Gasteiger charge is -2.39. The molecule has 0 bridgehead atoms. The molecule has 1 saturated heterocycles. The van der Waals surface area contributed by atoms with Crippen molar-refractivity contribution in [1.82, 2.24) is 4.90 Å². The number of amides is 1. The molecular formula is C20H30FNO5Si. The van der Waals surface area contributed by atoms with Crippen molar-refractivity contribution in [1.29, 1.82) is 0 Å². The van der Waals surface area contributed by atoms with Crippen LogP contribution >= 0.6 is 0 Å². The van der Waals surface area contributed by atoms with E-state index in [1.54, 1.807) is 26.0 Å². The largest absolute Gasteiger partial charge is 0.465 e. The summed E-state index contributed by atoms with van der Waals surface area (Å²) in [7, 11) is -1.06. The molecule has 0 radical (unpaired) electrons. The minimum absolute atomic E-state index is 0.0136. The Hall–Kier alpha value is -1.93. The third-order valence-corrected chi connectivity index (χ3v) is 6.73. The van der Waals surface area contributed by atoms with Gasteiger partial charge in [-0.05, 0) is 24.4 Å². The Morgan fingerprint density at radius 1 is 1.25 bits per heavy atom. The van der Waals surface area contributed by atoms with Crippen LogP contribution < -0.4 is 0 Å². The van der Waals surface area contributed by atoms with Crippen molar-refractivity contribution in [2.75, 3.05) is 6.54 Å². The SMILES string of the molecule is CC(C)(C)[SiH2]OC(C)(C)[C@@]1(F)C[C@@H](C(=O)OCc2ccccc2)N(C(=O)O)C1. The molecule has 2 atom stereocenters. The summed E-state index contributed by atoms with van der Waals surface area (Å²) in [6.45, 7) is 8.94. The number of hydrogen-bond acceptors (Lipinski definition) is 4. The van der Waals surface area contributed by atoms with E-state index in [9.17, 15) is 14.7 Å². The number of benzene rings is 1. The maximum atomic E-state index is 15.8. The average Bonchev–Trinajstić information content (AvgIpc) is 2.98. The third kappa shape index (κ3) is 5.32. The Kier molecular flexibility index (Phi) is 6.55. The molecule has 1 aromatic carbocycles. The van der Waals surface area contributed by atoms with Crippen LogP contribution in [0.4, 0.5) is 9.18 Å². The third-order valence-electron chi connectivity index (χ3n) is 5.00. The Balaban J connectivity index is 2.12. The van der Waals surface area contributed by atoms with Crippen molar-refractivity contribution in [3.05, 3.63) is 35.9 Å². The first kappa shape index (κ1) is 22.4. The van der Waals surface area contributed by atoms with Gasteiger partial charge in [-0.3, -0.25) is 4.90 Å². The topological polar surface area (TPSA) is 76.1 Å². The molecule has 1 fully saturated rings. The van der Waals surface area contributed by atoms with Crippen molar-refractivity contribution in [3.8, 4) is 0 Å². The van der Waals surface area contributed by atoms with Crippen LogP contribution in [0, 0.1) is 0 Å². The van der Waals surface area contributed by atoms with E-state index >= 15 is 4.39 Å². The van der Waals surface area contributed by atoms with Gasteiger partial charge in [-0.25, -0.2) is 14.0 Å². The first-order valence-electron chi connectivity index (χ1n) is 9.38. The maximum absolute atomic E-state index is 15.8. The Labute approximate surface area is 168 Å². The number of rotatable bonds is 6. The summed E-state index contributed by atoms with van der Waals surface area (Å²) in [5.41, 5.74) is -2.39. The predicted octanol–water partition coefficient (Wildman–Crippen LogP) is 3.29. The molecule has 1 amide bonds. The number of halogens is 1. The number of carboxylic acid groups (broad SMARTS) is 1. The number of likely N-dealkylation sites (tertiary alicyclic amines) is 1. The molecule has 28 heavy (non-hydrogen) atoms. The highest BCUT2D eigenvalue weighted by Gasteiger charge is 2.58. The van der Waals surface area contributed by atoms with Gasteiger partial charge < -0.3 is 14.3 Å². The molecule has 1 N–H and O–H groups in total. The van der Waals surface area contributed by atoms with Crippen molar-refractivity contribution < 1.29 is 28.2 Å². The van der Waals surface area contributed by atoms with Crippen LogP contribution in [-0.2, 0) is 20.6 Å². The summed E-state index contributed by atoms with van der Waals surface area (Å²) in [5.74, 6) is -0.741. The molecule has 0 aromatic heterocycles. The Morgan fingerprint density at radius 2 is 1.86 bits per heavy atom. The van der Waals surface area contributed by atoms with Gasteiger partial charge in [0.15, 0.2) is 15.4 Å². The second-order valence-corrected chi connectivity index (χ2v) is 11.7. The van der Waals surface area contributed by atoms with Gasteiger partial charge in [-0.2, -0.15) is 0 Å². The van der Waals surface area contributed by atoms with E-state index in [1.807, 2.05) is 39.0 Å². The van der Waals surface area contributed by atoms with Gasteiger partial charge in [0.2, 0.25) is 0 Å². The standard InChI is InChI=1S/C20H30FNO5Si/c1-18(2,3)28-27-19(4,5)20(21)11-15(22(13-20)17(24)25)16(23)26-12-14-9-7-6-8-10-14/h6-10,15H,11-13,28H2,1-5H3,(H,24,25)/t15-,20+/m0/s1.